The molecule has 37 heavy (non-hydrogen) atoms. The predicted octanol–water partition coefficient (Wildman–Crippen LogP) is 6.72. The molecule has 3 atom stereocenters. The van der Waals surface area contributed by atoms with Gasteiger partial charge in [0.15, 0.2) is 17.3 Å². The summed E-state index contributed by atoms with van der Waals surface area (Å²) in [5.41, 5.74) is 1.68. The van der Waals surface area contributed by atoms with Gasteiger partial charge >= 0.3 is 0 Å². The summed E-state index contributed by atoms with van der Waals surface area (Å²) in [4.78, 5) is 46.0. The van der Waals surface area contributed by atoms with Crippen LogP contribution < -0.4 is 4.90 Å². The first-order chi connectivity index (χ1) is 18.0. The number of halogens is 1. The van der Waals surface area contributed by atoms with Gasteiger partial charge in [-0.1, -0.05) is 90.5 Å². The molecule has 3 aromatic carbocycles. The summed E-state index contributed by atoms with van der Waals surface area (Å²) in [5, 5.41) is 2.30. The van der Waals surface area contributed by atoms with E-state index in [1.165, 1.54) is 11.3 Å². The molecule has 2 aliphatic heterocycles. The number of hydrogen-bond acceptors (Lipinski definition) is 5. The maximum absolute atomic E-state index is 14.5. The minimum Gasteiger partial charge on any atom is -0.352 e. The van der Waals surface area contributed by atoms with Crippen LogP contribution in [0, 0.1) is 5.41 Å². The second-order valence-electron chi connectivity index (χ2n) is 9.63. The molecule has 7 rings (SSSR count). The molecule has 1 saturated heterocycles. The summed E-state index contributed by atoms with van der Waals surface area (Å²) in [6, 6.07) is 24.3. The zero-order chi connectivity index (χ0) is 25.3. The Kier molecular flexibility index (Phi) is 4.91. The third-order valence-corrected chi connectivity index (χ3v) is 9.21. The van der Waals surface area contributed by atoms with Crippen LogP contribution in [0.2, 0.25) is 5.02 Å². The van der Waals surface area contributed by atoms with Crippen LogP contribution in [0.15, 0.2) is 96.4 Å². The van der Waals surface area contributed by atoms with Gasteiger partial charge in [-0.15, -0.1) is 11.3 Å². The van der Waals surface area contributed by atoms with Crippen molar-refractivity contribution >= 4 is 52.1 Å². The van der Waals surface area contributed by atoms with Gasteiger partial charge in [-0.25, -0.2) is 0 Å². The van der Waals surface area contributed by atoms with Crippen LogP contribution in [0.25, 0.3) is 6.08 Å². The molecule has 0 bridgehead atoms. The largest absolute Gasteiger partial charge is 0.352 e. The number of thiophene rings is 1. The van der Waals surface area contributed by atoms with Crippen LogP contribution in [0.5, 0.6) is 0 Å². The molecule has 0 saturated carbocycles. The number of fused-ring (bicyclic) bond motifs is 5. The monoisotopic (exact) mass is 521 g/mol. The van der Waals surface area contributed by atoms with E-state index >= 15 is 0 Å². The van der Waals surface area contributed by atoms with E-state index in [2.05, 4.69) is 0 Å². The van der Waals surface area contributed by atoms with E-state index in [4.69, 9.17) is 11.6 Å². The Morgan fingerprint density at radius 2 is 1.51 bits per heavy atom. The standard InChI is InChI=1S/C31H20ClNO3S/c32-22-12-5-4-11-21(22)26-27(28(34)24-14-7-17-37-24)33-23-13-6-1-8-18(23)15-16-25(33)31(26)29(35)19-9-2-3-10-20(19)30(31)36/h1-17,25-27H/t25-,26-,27-/m0/s1. The van der Waals surface area contributed by atoms with Crippen molar-refractivity contribution in [2.45, 2.75) is 18.0 Å². The molecule has 0 unspecified atom stereocenters. The van der Waals surface area contributed by atoms with Gasteiger partial charge in [0.2, 0.25) is 0 Å². The van der Waals surface area contributed by atoms with Crippen molar-refractivity contribution in [3.8, 4) is 0 Å². The van der Waals surface area contributed by atoms with E-state index in [1.807, 2.05) is 71.0 Å². The molecule has 1 spiro atoms. The lowest BCUT2D eigenvalue weighted by Gasteiger charge is -2.37. The van der Waals surface area contributed by atoms with Gasteiger partial charge in [-0.3, -0.25) is 14.4 Å². The number of carbonyl (C=O) groups is 3. The fourth-order valence-corrected chi connectivity index (χ4v) is 7.50. The van der Waals surface area contributed by atoms with Crippen molar-refractivity contribution in [3.63, 3.8) is 0 Å². The van der Waals surface area contributed by atoms with Crippen molar-refractivity contribution in [1.82, 2.24) is 0 Å². The molecular weight excluding hydrogens is 502 g/mol. The lowest BCUT2D eigenvalue weighted by Crippen LogP contribution is -2.48. The molecule has 1 fully saturated rings. The summed E-state index contributed by atoms with van der Waals surface area (Å²) in [6.45, 7) is 0. The van der Waals surface area contributed by atoms with Crippen molar-refractivity contribution in [1.29, 1.82) is 0 Å². The second kappa shape index (κ2) is 8.10. The van der Waals surface area contributed by atoms with Crippen LogP contribution in [-0.2, 0) is 0 Å². The number of para-hydroxylation sites is 1. The summed E-state index contributed by atoms with van der Waals surface area (Å²) >= 11 is 8.16. The smallest absolute Gasteiger partial charge is 0.195 e. The predicted molar refractivity (Wildman–Crippen MR) is 146 cm³/mol. The van der Waals surface area contributed by atoms with Crippen LogP contribution in [0.4, 0.5) is 5.69 Å². The van der Waals surface area contributed by atoms with Crippen LogP contribution in [-0.4, -0.2) is 29.4 Å². The van der Waals surface area contributed by atoms with E-state index in [0.717, 1.165) is 11.3 Å². The Morgan fingerprint density at radius 1 is 0.838 bits per heavy atom. The van der Waals surface area contributed by atoms with Crippen molar-refractivity contribution in [2.24, 2.45) is 5.41 Å². The number of ketones is 3. The van der Waals surface area contributed by atoms with Gasteiger partial charge in [0.05, 0.1) is 10.9 Å². The van der Waals surface area contributed by atoms with Crippen molar-refractivity contribution < 1.29 is 14.4 Å². The van der Waals surface area contributed by atoms with Crippen molar-refractivity contribution in [3.05, 3.63) is 129 Å². The number of anilines is 1. The Hall–Kier alpha value is -3.80. The SMILES string of the molecule is O=C(c1cccs1)[C@@H]1[C@H](c2ccccc2Cl)C2(C(=O)c3ccccc3C2=O)[C@@H]2C=Cc3ccccc3N12. The zero-order valence-electron chi connectivity index (χ0n) is 19.5. The maximum Gasteiger partial charge on any atom is 0.195 e. The number of nitrogens with zero attached hydrogens (tertiary/aromatic N) is 1. The quantitative estimate of drug-likeness (QED) is 0.222. The number of benzene rings is 3. The summed E-state index contributed by atoms with van der Waals surface area (Å²) < 4.78 is 0. The third kappa shape index (κ3) is 2.87. The molecule has 0 amide bonds. The van der Waals surface area contributed by atoms with E-state index in [0.29, 0.717) is 26.6 Å². The Labute approximate surface area is 222 Å². The molecule has 1 aromatic heterocycles. The summed E-state index contributed by atoms with van der Waals surface area (Å²) in [7, 11) is 0. The topological polar surface area (TPSA) is 54.5 Å². The minimum atomic E-state index is -1.53. The third-order valence-electron chi connectivity index (χ3n) is 7.99. The first-order valence-corrected chi connectivity index (χ1v) is 13.4. The number of carbonyl (C=O) groups excluding carboxylic acids is 3. The molecule has 3 heterocycles. The molecule has 0 N–H and O–H groups in total. The average Bonchev–Trinajstić information content (AvgIpc) is 3.62. The average molecular weight is 522 g/mol. The normalized spacial score (nSPS) is 22.7. The van der Waals surface area contributed by atoms with Gasteiger partial charge in [0.25, 0.3) is 0 Å². The lowest BCUT2D eigenvalue weighted by molar-refractivity contribution is 0.0666. The van der Waals surface area contributed by atoms with Crippen LogP contribution in [0.3, 0.4) is 0 Å². The molecule has 4 aromatic rings. The van der Waals surface area contributed by atoms with Crippen LogP contribution >= 0.6 is 22.9 Å². The number of Topliss-reactive ketones (excluding diaryl/α,β-unsaturated/α-hetero) is 3. The number of hydrogen-bond donors (Lipinski definition) is 0. The summed E-state index contributed by atoms with van der Waals surface area (Å²) in [5.74, 6) is -1.41. The Morgan fingerprint density at radius 3 is 2.22 bits per heavy atom. The molecule has 3 aliphatic rings. The van der Waals surface area contributed by atoms with Gasteiger partial charge in [-0.05, 0) is 34.7 Å². The second-order valence-corrected chi connectivity index (χ2v) is 11.0. The van der Waals surface area contributed by atoms with Crippen molar-refractivity contribution in [2.75, 3.05) is 4.90 Å². The molecule has 4 nitrogen and oxygen atoms in total. The summed E-state index contributed by atoms with van der Waals surface area (Å²) in [6.07, 6.45) is 3.89. The Balaban J connectivity index is 1.58. The van der Waals surface area contributed by atoms with E-state index in [9.17, 15) is 14.4 Å². The number of rotatable bonds is 3. The van der Waals surface area contributed by atoms with Gasteiger partial charge < -0.3 is 4.90 Å². The van der Waals surface area contributed by atoms with Crippen LogP contribution in [0.1, 0.15) is 47.4 Å². The zero-order valence-corrected chi connectivity index (χ0v) is 21.1. The highest BCUT2D eigenvalue weighted by Gasteiger charge is 2.71. The van der Waals surface area contributed by atoms with Gasteiger partial charge in [-0.2, -0.15) is 0 Å². The van der Waals surface area contributed by atoms with Gasteiger partial charge in [0.1, 0.15) is 11.5 Å². The first-order valence-electron chi connectivity index (χ1n) is 12.1. The highest BCUT2D eigenvalue weighted by molar-refractivity contribution is 7.12. The highest BCUT2D eigenvalue weighted by atomic mass is 35.5. The first kappa shape index (κ1) is 22.4. The van der Waals surface area contributed by atoms with E-state index < -0.39 is 23.4 Å². The van der Waals surface area contributed by atoms with Gasteiger partial charge in [0, 0.05) is 27.8 Å². The fourth-order valence-electron chi connectivity index (χ4n) is 6.55. The molecule has 6 heteroatoms. The molecular formula is C31H20ClNO3S. The fraction of sp³-hybridized carbons (Fsp3) is 0.129. The Bertz CT molecular complexity index is 1600. The lowest BCUT2D eigenvalue weighted by atomic mass is 9.64. The molecule has 0 radical (unpaired) electrons. The highest BCUT2D eigenvalue weighted by Crippen LogP contribution is 2.61. The minimum absolute atomic E-state index is 0.122. The molecule has 180 valence electrons. The van der Waals surface area contributed by atoms with E-state index in [1.54, 1.807) is 36.4 Å². The molecule has 1 aliphatic carbocycles. The van der Waals surface area contributed by atoms with E-state index in [-0.39, 0.29) is 17.3 Å². The maximum atomic E-state index is 14.5.